The Morgan fingerprint density at radius 2 is 2.16 bits per heavy atom. The van der Waals surface area contributed by atoms with E-state index in [1.165, 1.54) is 12.8 Å². The van der Waals surface area contributed by atoms with Crippen LogP contribution >= 0.6 is 0 Å². The molecule has 100 valence electrons. The number of rotatable bonds is 2. The van der Waals surface area contributed by atoms with Crippen LogP contribution in [0.15, 0.2) is 24.3 Å². The molecule has 2 rings (SSSR count). The van der Waals surface area contributed by atoms with Crippen LogP contribution in [-0.2, 0) is 0 Å². The first kappa shape index (κ1) is 13.6. The number of nitrogens with zero attached hydrogens (tertiary/aromatic N) is 1. The third-order valence-corrected chi connectivity index (χ3v) is 4.28. The molecule has 1 aromatic carbocycles. The largest absolute Gasteiger partial charge is 0.349 e. The summed E-state index contributed by atoms with van der Waals surface area (Å²) in [7, 11) is 0. The maximum Gasteiger partial charge on any atom is 0.251 e. The summed E-state index contributed by atoms with van der Waals surface area (Å²) in [5.74, 6) is 1.10. The van der Waals surface area contributed by atoms with E-state index >= 15 is 0 Å². The Labute approximate surface area is 114 Å². The Hall–Kier alpha value is -1.82. The molecular weight excluding hydrogens is 236 g/mol. The molecule has 0 saturated heterocycles. The van der Waals surface area contributed by atoms with Gasteiger partial charge >= 0.3 is 0 Å². The Bertz CT molecular complexity index is 504. The molecule has 1 saturated carbocycles. The Morgan fingerprint density at radius 1 is 1.37 bits per heavy atom. The molecule has 0 aliphatic heterocycles. The zero-order valence-corrected chi connectivity index (χ0v) is 11.5. The minimum Gasteiger partial charge on any atom is -0.349 e. The second-order valence-electron chi connectivity index (χ2n) is 5.54. The quantitative estimate of drug-likeness (QED) is 0.884. The van der Waals surface area contributed by atoms with Gasteiger partial charge in [0, 0.05) is 11.6 Å². The minimum absolute atomic E-state index is 0.0666. The molecule has 0 aromatic heterocycles. The van der Waals surface area contributed by atoms with E-state index in [9.17, 15) is 4.79 Å². The van der Waals surface area contributed by atoms with E-state index in [2.05, 4.69) is 25.2 Å². The third-order valence-electron chi connectivity index (χ3n) is 4.28. The van der Waals surface area contributed by atoms with Crippen LogP contribution in [0.4, 0.5) is 0 Å². The summed E-state index contributed by atoms with van der Waals surface area (Å²) in [5.41, 5.74) is 1.10. The summed E-state index contributed by atoms with van der Waals surface area (Å²) in [6, 6.07) is 9.18. The molecule has 1 aliphatic carbocycles. The van der Waals surface area contributed by atoms with Crippen molar-refractivity contribution in [2.45, 2.75) is 39.2 Å². The molecular formula is C16H20N2O. The second-order valence-corrected chi connectivity index (χ2v) is 5.54. The van der Waals surface area contributed by atoms with Crippen LogP contribution in [0.25, 0.3) is 0 Å². The zero-order chi connectivity index (χ0) is 13.8. The van der Waals surface area contributed by atoms with Crippen LogP contribution in [0.5, 0.6) is 0 Å². The number of benzene rings is 1. The van der Waals surface area contributed by atoms with Crippen molar-refractivity contribution >= 4 is 5.91 Å². The summed E-state index contributed by atoms with van der Waals surface area (Å²) in [4.78, 5) is 12.2. The minimum atomic E-state index is -0.0666. The lowest BCUT2D eigenvalue weighted by atomic mass is 9.78. The normalized spacial score (nSPS) is 26.5. The summed E-state index contributed by atoms with van der Waals surface area (Å²) < 4.78 is 0. The summed E-state index contributed by atoms with van der Waals surface area (Å²) in [6.45, 7) is 4.46. The van der Waals surface area contributed by atoms with Crippen LogP contribution in [0, 0.1) is 23.2 Å². The van der Waals surface area contributed by atoms with E-state index in [0.717, 1.165) is 6.42 Å². The topological polar surface area (TPSA) is 52.9 Å². The average molecular weight is 256 g/mol. The highest BCUT2D eigenvalue weighted by Crippen LogP contribution is 2.29. The molecule has 0 heterocycles. The highest BCUT2D eigenvalue weighted by Gasteiger charge is 2.28. The van der Waals surface area contributed by atoms with Crippen molar-refractivity contribution < 1.29 is 4.79 Å². The van der Waals surface area contributed by atoms with Crippen LogP contribution in [0.2, 0.25) is 0 Å². The molecule has 1 amide bonds. The highest BCUT2D eigenvalue weighted by molar-refractivity contribution is 5.94. The van der Waals surface area contributed by atoms with Crippen molar-refractivity contribution in [1.29, 1.82) is 5.26 Å². The van der Waals surface area contributed by atoms with Gasteiger partial charge in [-0.15, -0.1) is 0 Å². The van der Waals surface area contributed by atoms with Crippen LogP contribution < -0.4 is 5.32 Å². The summed E-state index contributed by atoms with van der Waals surface area (Å²) >= 11 is 0. The predicted octanol–water partition coefficient (Wildman–Crippen LogP) is 3.11. The molecule has 19 heavy (non-hydrogen) atoms. The van der Waals surface area contributed by atoms with Crippen molar-refractivity contribution in [1.82, 2.24) is 5.32 Å². The molecule has 3 nitrogen and oxygen atoms in total. The van der Waals surface area contributed by atoms with Gasteiger partial charge in [0.1, 0.15) is 0 Å². The fourth-order valence-electron chi connectivity index (χ4n) is 2.77. The molecule has 3 heteroatoms. The standard InChI is InChI=1S/C16H20N2O/c1-11-5-3-8-15(12(11)2)18-16(19)14-7-4-6-13(9-14)10-17/h4,6-7,9,11-12,15H,3,5,8H2,1-2H3,(H,18,19)/t11-,12-,15+/m1/s1. The molecule has 0 unspecified atom stereocenters. The van der Waals surface area contributed by atoms with Gasteiger partial charge < -0.3 is 5.32 Å². The smallest absolute Gasteiger partial charge is 0.251 e. The van der Waals surface area contributed by atoms with Gasteiger partial charge in [0.05, 0.1) is 11.6 Å². The van der Waals surface area contributed by atoms with E-state index < -0.39 is 0 Å². The number of nitrogens with one attached hydrogen (secondary N) is 1. The molecule has 1 fully saturated rings. The van der Waals surface area contributed by atoms with Crippen LogP contribution in [-0.4, -0.2) is 11.9 Å². The Morgan fingerprint density at radius 3 is 2.89 bits per heavy atom. The van der Waals surface area contributed by atoms with Gasteiger partial charge in [-0.1, -0.05) is 32.8 Å². The van der Waals surface area contributed by atoms with Crippen LogP contribution in [0.3, 0.4) is 0 Å². The second kappa shape index (κ2) is 5.88. The zero-order valence-electron chi connectivity index (χ0n) is 11.5. The number of carbonyl (C=O) groups excluding carboxylic acids is 1. The van der Waals surface area contributed by atoms with Gasteiger partial charge in [0.25, 0.3) is 5.91 Å². The maximum absolute atomic E-state index is 12.2. The molecule has 0 radical (unpaired) electrons. The number of amides is 1. The van der Waals surface area contributed by atoms with Gasteiger partial charge in [0.2, 0.25) is 0 Å². The molecule has 1 aliphatic rings. The van der Waals surface area contributed by atoms with Crippen molar-refractivity contribution in [2.75, 3.05) is 0 Å². The molecule has 3 atom stereocenters. The first-order chi connectivity index (χ1) is 9.11. The SMILES string of the molecule is C[C@@H]1[C@H](C)CCC[C@@H]1NC(=O)c1cccc(C#N)c1. The Kier molecular flexibility index (Phi) is 4.21. The molecule has 1 aromatic rings. The van der Waals surface area contributed by atoms with Gasteiger partial charge in [-0.05, 0) is 36.5 Å². The van der Waals surface area contributed by atoms with Gasteiger partial charge in [-0.2, -0.15) is 5.26 Å². The predicted molar refractivity (Wildman–Crippen MR) is 74.6 cm³/mol. The number of carbonyl (C=O) groups is 1. The highest BCUT2D eigenvalue weighted by atomic mass is 16.1. The van der Waals surface area contributed by atoms with Gasteiger partial charge in [-0.25, -0.2) is 0 Å². The molecule has 0 spiro atoms. The van der Waals surface area contributed by atoms with Gasteiger partial charge in [0.15, 0.2) is 0 Å². The maximum atomic E-state index is 12.2. The number of hydrogen-bond acceptors (Lipinski definition) is 2. The van der Waals surface area contributed by atoms with Crippen molar-refractivity contribution in [3.63, 3.8) is 0 Å². The first-order valence-electron chi connectivity index (χ1n) is 6.93. The van der Waals surface area contributed by atoms with E-state index in [1.54, 1.807) is 24.3 Å². The molecule has 1 N–H and O–H groups in total. The van der Waals surface area contributed by atoms with Gasteiger partial charge in [-0.3, -0.25) is 4.79 Å². The number of hydrogen-bond donors (Lipinski definition) is 1. The van der Waals surface area contributed by atoms with E-state index in [-0.39, 0.29) is 11.9 Å². The lowest BCUT2D eigenvalue weighted by Crippen LogP contribution is -2.43. The number of nitriles is 1. The van der Waals surface area contributed by atoms with E-state index in [4.69, 9.17) is 5.26 Å². The van der Waals surface area contributed by atoms with E-state index in [0.29, 0.717) is 23.0 Å². The third kappa shape index (κ3) is 3.14. The lowest BCUT2D eigenvalue weighted by molar-refractivity contribution is 0.0891. The Balaban J connectivity index is 2.06. The fourth-order valence-corrected chi connectivity index (χ4v) is 2.77. The first-order valence-corrected chi connectivity index (χ1v) is 6.93. The summed E-state index contributed by atoms with van der Waals surface area (Å²) in [6.07, 6.45) is 3.47. The fraction of sp³-hybridized carbons (Fsp3) is 0.500. The van der Waals surface area contributed by atoms with Crippen molar-refractivity contribution in [3.8, 4) is 6.07 Å². The van der Waals surface area contributed by atoms with Crippen LogP contribution in [0.1, 0.15) is 49.0 Å². The molecule has 0 bridgehead atoms. The summed E-state index contributed by atoms with van der Waals surface area (Å²) in [5, 5.41) is 12.0. The monoisotopic (exact) mass is 256 g/mol. The van der Waals surface area contributed by atoms with Crippen molar-refractivity contribution in [2.24, 2.45) is 11.8 Å². The lowest BCUT2D eigenvalue weighted by Gasteiger charge is -2.34. The average Bonchev–Trinajstić information content (AvgIpc) is 2.44. The van der Waals surface area contributed by atoms with E-state index in [1.807, 2.05) is 0 Å². The van der Waals surface area contributed by atoms with Crippen molar-refractivity contribution in [3.05, 3.63) is 35.4 Å².